The molecule has 0 saturated heterocycles. The summed E-state index contributed by atoms with van der Waals surface area (Å²) in [4.78, 5) is 0. The number of hydrogen-bond acceptors (Lipinski definition) is 1. The Bertz CT molecular complexity index is 201. The zero-order chi connectivity index (χ0) is 9.61. The monoisotopic (exact) mass is 178 g/mol. The third kappa shape index (κ3) is 3.98. The fourth-order valence-electron chi connectivity index (χ4n) is 0.551. The van der Waals surface area contributed by atoms with Crippen LogP contribution in [0.1, 0.15) is 0 Å². The predicted molar refractivity (Wildman–Crippen MR) is 40.6 cm³/mol. The average Bonchev–Trinajstić information content (AvgIpc) is 1.95. The maximum atomic E-state index is 12.0. The SMILES string of the molecule is C=C/C=C(\C=C/CO)C(F)(F)F. The van der Waals surface area contributed by atoms with Gasteiger partial charge in [-0.2, -0.15) is 13.2 Å². The Labute approximate surface area is 68.5 Å². The topological polar surface area (TPSA) is 20.2 Å². The van der Waals surface area contributed by atoms with Crippen LogP contribution in [0.3, 0.4) is 0 Å². The summed E-state index contributed by atoms with van der Waals surface area (Å²) in [6, 6.07) is 0. The summed E-state index contributed by atoms with van der Waals surface area (Å²) in [5.41, 5.74) is -0.827. The highest BCUT2D eigenvalue weighted by atomic mass is 19.4. The molecule has 1 N–H and O–H groups in total. The molecule has 0 aromatic heterocycles. The molecule has 0 fully saturated rings. The molecule has 0 unspecified atom stereocenters. The Balaban J connectivity index is 4.57. The van der Waals surface area contributed by atoms with Crippen molar-refractivity contribution < 1.29 is 18.3 Å². The van der Waals surface area contributed by atoms with Crippen molar-refractivity contribution in [2.45, 2.75) is 6.18 Å². The van der Waals surface area contributed by atoms with Crippen molar-refractivity contribution in [3.8, 4) is 0 Å². The van der Waals surface area contributed by atoms with Gasteiger partial charge in [0.15, 0.2) is 0 Å². The first kappa shape index (κ1) is 11.0. The number of aliphatic hydroxyl groups excluding tert-OH is 1. The summed E-state index contributed by atoms with van der Waals surface area (Å²) in [7, 11) is 0. The van der Waals surface area contributed by atoms with Gasteiger partial charge in [-0.1, -0.05) is 30.9 Å². The van der Waals surface area contributed by atoms with Crippen LogP contribution in [0.15, 0.2) is 36.5 Å². The van der Waals surface area contributed by atoms with E-state index in [1.54, 1.807) is 0 Å². The van der Waals surface area contributed by atoms with Gasteiger partial charge >= 0.3 is 6.18 Å². The highest BCUT2D eigenvalue weighted by Crippen LogP contribution is 2.26. The maximum Gasteiger partial charge on any atom is 0.416 e. The third-order valence-electron chi connectivity index (χ3n) is 1.03. The first-order valence-corrected chi connectivity index (χ1v) is 3.19. The minimum absolute atomic E-state index is 0.412. The molecular formula is C8H9F3O. The van der Waals surface area contributed by atoms with Gasteiger partial charge in [0.25, 0.3) is 0 Å². The number of halogens is 3. The molecule has 0 saturated carbocycles. The Morgan fingerprint density at radius 2 is 2.00 bits per heavy atom. The molecular weight excluding hydrogens is 169 g/mol. The van der Waals surface area contributed by atoms with Gasteiger partial charge in [0.05, 0.1) is 12.2 Å². The van der Waals surface area contributed by atoms with Crippen LogP contribution >= 0.6 is 0 Å². The number of aliphatic hydroxyl groups is 1. The normalized spacial score (nSPS) is 13.8. The van der Waals surface area contributed by atoms with Crippen LogP contribution in [0.5, 0.6) is 0 Å². The second-order valence-corrected chi connectivity index (χ2v) is 1.94. The minimum atomic E-state index is -4.39. The van der Waals surface area contributed by atoms with Crippen molar-refractivity contribution in [2.24, 2.45) is 0 Å². The third-order valence-corrected chi connectivity index (χ3v) is 1.03. The fraction of sp³-hybridized carbons (Fsp3) is 0.250. The number of alkyl halides is 3. The van der Waals surface area contributed by atoms with Crippen molar-refractivity contribution in [3.63, 3.8) is 0 Å². The van der Waals surface area contributed by atoms with E-state index in [0.717, 1.165) is 24.3 Å². The summed E-state index contributed by atoms with van der Waals surface area (Å²) in [5, 5.41) is 8.24. The molecule has 0 aromatic rings. The van der Waals surface area contributed by atoms with E-state index in [1.807, 2.05) is 0 Å². The smallest absolute Gasteiger partial charge is 0.392 e. The lowest BCUT2D eigenvalue weighted by molar-refractivity contribution is -0.0882. The van der Waals surface area contributed by atoms with E-state index in [-0.39, 0.29) is 0 Å². The Morgan fingerprint density at radius 1 is 1.42 bits per heavy atom. The van der Waals surface area contributed by atoms with E-state index in [9.17, 15) is 13.2 Å². The van der Waals surface area contributed by atoms with Crippen LogP contribution in [0, 0.1) is 0 Å². The second kappa shape index (κ2) is 4.77. The van der Waals surface area contributed by atoms with Gasteiger partial charge in [-0.05, 0) is 0 Å². The van der Waals surface area contributed by atoms with Crippen LogP contribution in [0.25, 0.3) is 0 Å². The maximum absolute atomic E-state index is 12.0. The first-order chi connectivity index (χ1) is 5.52. The van der Waals surface area contributed by atoms with Gasteiger partial charge in [0, 0.05) is 0 Å². The molecule has 4 heteroatoms. The summed E-state index contributed by atoms with van der Waals surface area (Å²) in [6.07, 6.45) is -0.680. The molecule has 0 bridgehead atoms. The lowest BCUT2D eigenvalue weighted by atomic mass is 10.2. The van der Waals surface area contributed by atoms with Gasteiger partial charge in [-0.15, -0.1) is 0 Å². The van der Waals surface area contributed by atoms with E-state index in [1.165, 1.54) is 0 Å². The quantitative estimate of drug-likeness (QED) is 0.657. The van der Waals surface area contributed by atoms with E-state index in [0.29, 0.717) is 0 Å². The van der Waals surface area contributed by atoms with Gasteiger partial charge in [-0.25, -0.2) is 0 Å². The molecule has 68 valence electrons. The molecule has 1 nitrogen and oxygen atoms in total. The fourth-order valence-corrected chi connectivity index (χ4v) is 0.551. The number of hydrogen-bond donors (Lipinski definition) is 1. The van der Waals surface area contributed by atoms with Crippen molar-refractivity contribution >= 4 is 0 Å². The van der Waals surface area contributed by atoms with Crippen molar-refractivity contribution in [1.29, 1.82) is 0 Å². The van der Waals surface area contributed by atoms with Gasteiger partial charge in [-0.3, -0.25) is 0 Å². The standard InChI is InChI=1S/C8H9F3O/c1-2-4-7(5-3-6-12)8(9,10)11/h2-5,12H,1,6H2/b5-3-,7-4+. The highest BCUT2D eigenvalue weighted by Gasteiger charge is 2.30. The first-order valence-electron chi connectivity index (χ1n) is 3.19. The molecule has 0 aliphatic rings. The Kier molecular flexibility index (Phi) is 4.36. The Hall–Kier alpha value is -1.03. The molecule has 0 atom stereocenters. The molecule has 0 aliphatic carbocycles. The lowest BCUT2D eigenvalue weighted by Gasteiger charge is -2.05. The van der Waals surface area contributed by atoms with Gasteiger partial charge in [0.2, 0.25) is 0 Å². The van der Waals surface area contributed by atoms with Crippen LogP contribution in [-0.2, 0) is 0 Å². The number of allylic oxidation sites excluding steroid dienone is 4. The van der Waals surface area contributed by atoms with E-state index >= 15 is 0 Å². The van der Waals surface area contributed by atoms with Crippen LogP contribution in [0.4, 0.5) is 13.2 Å². The van der Waals surface area contributed by atoms with E-state index in [2.05, 4.69) is 6.58 Å². The predicted octanol–water partition coefficient (Wildman–Crippen LogP) is 2.21. The summed E-state index contributed by atoms with van der Waals surface area (Å²) >= 11 is 0. The molecule has 0 amide bonds. The molecule has 0 radical (unpaired) electrons. The zero-order valence-electron chi connectivity index (χ0n) is 6.30. The summed E-state index contributed by atoms with van der Waals surface area (Å²) < 4.78 is 35.9. The highest BCUT2D eigenvalue weighted by molar-refractivity contribution is 5.27. The van der Waals surface area contributed by atoms with E-state index in [4.69, 9.17) is 5.11 Å². The second-order valence-electron chi connectivity index (χ2n) is 1.94. The Morgan fingerprint density at radius 3 is 2.33 bits per heavy atom. The molecule has 0 aromatic carbocycles. The van der Waals surface area contributed by atoms with Crippen molar-refractivity contribution in [1.82, 2.24) is 0 Å². The van der Waals surface area contributed by atoms with Crippen molar-refractivity contribution in [3.05, 3.63) is 36.5 Å². The summed E-state index contributed by atoms with van der Waals surface area (Å²) in [6.45, 7) is 2.74. The average molecular weight is 178 g/mol. The lowest BCUT2D eigenvalue weighted by Crippen LogP contribution is -2.09. The van der Waals surface area contributed by atoms with Crippen LogP contribution in [0.2, 0.25) is 0 Å². The van der Waals surface area contributed by atoms with Crippen LogP contribution in [-0.4, -0.2) is 17.9 Å². The minimum Gasteiger partial charge on any atom is -0.392 e. The molecule has 12 heavy (non-hydrogen) atoms. The van der Waals surface area contributed by atoms with Gasteiger partial charge in [0.1, 0.15) is 0 Å². The van der Waals surface area contributed by atoms with E-state index < -0.39 is 18.4 Å². The molecule has 0 aliphatic heterocycles. The van der Waals surface area contributed by atoms with Crippen LogP contribution < -0.4 is 0 Å². The molecule has 0 rings (SSSR count). The van der Waals surface area contributed by atoms with Crippen molar-refractivity contribution in [2.75, 3.05) is 6.61 Å². The zero-order valence-corrected chi connectivity index (χ0v) is 6.30. The largest absolute Gasteiger partial charge is 0.416 e. The molecule has 0 spiro atoms. The molecule has 0 heterocycles. The summed E-state index contributed by atoms with van der Waals surface area (Å²) in [5.74, 6) is 0. The number of rotatable bonds is 3. The van der Waals surface area contributed by atoms with Gasteiger partial charge < -0.3 is 5.11 Å².